The van der Waals surface area contributed by atoms with E-state index in [1.165, 1.54) is 12.1 Å². The molecule has 0 fully saturated rings. The maximum absolute atomic E-state index is 14.1. The summed E-state index contributed by atoms with van der Waals surface area (Å²) < 4.78 is 29.2. The van der Waals surface area contributed by atoms with Crippen LogP contribution in [0.1, 0.15) is 18.1 Å². The van der Waals surface area contributed by atoms with Crippen molar-refractivity contribution in [2.24, 2.45) is 5.73 Å². The van der Waals surface area contributed by atoms with Gasteiger partial charge in [0.15, 0.2) is 0 Å². The summed E-state index contributed by atoms with van der Waals surface area (Å²) in [6.45, 7) is 1.59. The molecule has 100 valence electrons. The van der Waals surface area contributed by atoms with Gasteiger partial charge in [-0.05, 0) is 52.7 Å². The Morgan fingerprint density at radius 1 is 1.00 bits per heavy atom. The van der Waals surface area contributed by atoms with E-state index in [4.69, 9.17) is 5.73 Å². The Morgan fingerprint density at radius 3 is 2.16 bits per heavy atom. The van der Waals surface area contributed by atoms with Gasteiger partial charge in [0.1, 0.15) is 11.6 Å². The largest absolute Gasteiger partial charge is 0.318 e. The summed E-state index contributed by atoms with van der Waals surface area (Å²) in [5.74, 6) is -1.33. The number of benzene rings is 2. The third kappa shape index (κ3) is 2.73. The smallest absolute Gasteiger partial charge is 0.145 e. The highest BCUT2D eigenvalue weighted by atomic mass is 79.9. The average molecular weight is 391 g/mol. The molecule has 0 saturated heterocycles. The topological polar surface area (TPSA) is 26.0 Å². The van der Waals surface area contributed by atoms with E-state index in [1.807, 2.05) is 0 Å². The van der Waals surface area contributed by atoms with E-state index < -0.39 is 17.2 Å². The van der Waals surface area contributed by atoms with Crippen molar-refractivity contribution in [2.75, 3.05) is 0 Å². The summed E-state index contributed by atoms with van der Waals surface area (Å²) in [4.78, 5) is 0. The van der Waals surface area contributed by atoms with E-state index in [0.29, 0.717) is 5.56 Å². The lowest BCUT2D eigenvalue weighted by Crippen LogP contribution is -2.36. The number of halogens is 4. The quantitative estimate of drug-likeness (QED) is 0.738. The highest BCUT2D eigenvalue weighted by molar-refractivity contribution is 9.10. The van der Waals surface area contributed by atoms with Crippen molar-refractivity contribution in [3.05, 3.63) is 68.1 Å². The Kier molecular flexibility index (Phi) is 4.08. The molecule has 19 heavy (non-hydrogen) atoms. The molecule has 1 atom stereocenters. The molecule has 0 amide bonds. The SMILES string of the molecule is CC(N)(c1ccc(Br)cc1)c1c(F)ccc(Br)c1F. The van der Waals surface area contributed by atoms with Crippen molar-refractivity contribution in [3.8, 4) is 0 Å². The van der Waals surface area contributed by atoms with Crippen molar-refractivity contribution >= 4 is 31.9 Å². The Bertz CT molecular complexity index is 610. The van der Waals surface area contributed by atoms with Gasteiger partial charge in [0.25, 0.3) is 0 Å². The van der Waals surface area contributed by atoms with E-state index in [0.717, 1.165) is 4.47 Å². The second-order valence-corrected chi connectivity index (χ2v) is 6.20. The fourth-order valence-corrected chi connectivity index (χ4v) is 2.54. The molecule has 0 aliphatic rings. The van der Waals surface area contributed by atoms with Crippen LogP contribution in [0, 0.1) is 11.6 Å². The van der Waals surface area contributed by atoms with Crippen LogP contribution in [0.2, 0.25) is 0 Å². The summed E-state index contributed by atoms with van der Waals surface area (Å²) in [6.07, 6.45) is 0. The minimum Gasteiger partial charge on any atom is -0.318 e. The van der Waals surface area contributed by atoms with Crippen LogP contribution < -0.4 is 5.73 Å². The van der Waals surface area contributed by atoms with Crippen LogP contribution in [0.25, 0.3) is 0 Å². The standard InChI is InChI=1S/C14H11Br2F2N/c1-14(19,8-2-4-9(15)5-3-8)12-11(17)7-6-10(16)13(12)18/h2-7H,19H2,1H3. The van der Waals surface area contributed by atoms with Crippen LogP contribution in [-0.2, 0) is 5.54 Å². The third-order valence-corrected chi connectivity index (χ3v) is 4.15. The van der Waals surface area contributed by atoms with Crippen molar-refractivity contribution in [1.82, 2.24) is 0 Å². The number of hydrogen-bond acceptors (Lipinski definition) is 1. The first-order chi connectivity index (χ1) is 8.84. The maximum atomic E-state index is 14.1. The second-order valence-electron chi connectivity index (χ2n) is 4.43. The summed E-state index contributed by atoms with van der Waals surface area (Å²) >= 11 is 6.36. The summed E-state index contributed by atoms with van der Waals surface area (Å²) in [5, 5.41) is 0. The fourth-order valence-electron chi connectivity index (χ4n) is 1.94. The normalized spacial score (nSPS) is 14.2. The van der Waals surface area contributed by atoms with Gasteiger partial charge >= 0.3 is 0 Å². The molecule has 1 nitrogen and oxygen atoms in total. The zero-order valence-electron chi connectivity index (χ0n) is 10.1. The molecular formula is C14H11Br2F2N. The van der Waals surface area contributed by atoms with E-state index in [2.05, 4.69) is 31.9 Å². The zero-order chi connectivity index (χ0) is 14.2. The number of rotatable bonds is 2. The van der Waals surface area contributed by atoms with Gasteiger partial charge in [-0.1, -0.05) is 28.1 Å². The molecule has 0 spiro atoms. The lowest BCUT2D eigenvalue weighted by molar-refractivity contribution is 0.479. The first kappa shape index (κ1) is 14.6. The van der Waals surface area contributed by atoms with Crippen LogP contribution in [0.4, 0.5) is 8.78 Å². The van der Waals surface area contributed by atoms with Gasteiger partial charge in [0, 0.05) is 10.0 Å². The Morgan fingerprint density at radius 2 is 1.58 bits per heavy atom. The van der Waals surface area contributed by atoms with Gasteiger partial charge in [0.05, 0.1) is 10.0 Å². The van der Waals surface area contributed by atoms with Crippen LogP contribution in [0.5, 0.6) is 0 Å². The van der Waals surface area contributed by atoms with Gasteiger partial charge in [-0.3, -0.25) is 0 Å². The molecule has 5 heteroatoms. The van der Waals surface area contributed by atoms with Gasteiger partial charge in [-0.15, -0.1) is 0 Å². The third-order valence-electron chi connectivity index (χ3n) is 3.01. The fraction of sp³-hybridized carbons (Fsp3) is 0.143. The molecule has 2 rings (SSSR count). The Hall–Kier alpha value is -0.780. The molecule has 1 unspecified atom stereocenters. The predicted octanol–water partition coefficient (Wildman–Crippen LogP) is 4.71. The van der Waals surface area contributed by atoms with Gasteiger partial charge in [-0.2, -0.15) is 0 Å². The molecule has 0 aliphatic carbocycles. The summed E-state index contributed by atoms with van der Waals surface area (Å²) in [7, 11) is 0. The van der Waals surface area contributed by atoms with E-state index in [-0.39, 0.29) is 10.0 Å². The highest BCUT2D eigenvalue weighted by Crippen LogP contribution is 2.34. The lowest BCUT2D eigenvalue weighted by atomic mass is 9.85. The van der Waals surface area contributed by atoms with Crippen LogP contribution >= 0.6 is 31.9 Å². The van der Waals surface area contributed by atoms with E-state index in [1.54, 1.807) is 31.2 Å². The van der Waals surface area contributed by atoms with Gasteiger partial charge in [0.2, 0.25) is 0 Å². The van der Waals surface area contributed by atoms with Crippen LogP contribution in [0.3, 0.4) is 0 Å². The van der Waals surface area contributed by atoms with Crippen molar-refractivity contribution in [3.63, 3.8) is 0 Å². The molecule has 0 aromatic heterocycles. The predicted molar refractivity (Wildman–Crippen MR) is 78.8 cm³/mol. The molecule has 0 bridgehead atoms. The molecule has 0 saturated carbocycles. The minimum absolute atomic E-state index is 0.149. The summed E-state index contributed by atoms with van der Waals surface area (Å²) in [6, 6.07) is 9.58. The van der Waals surface area contributed by atoms with Gasteiger partial charge in [-0.25, -0.2) is 8.78 Å². The Labute approximate surface area is 127 Å². The molecule has 0 radical (unpaired) electrons. The monoisotopic (exact) mass is 389 g/mol. The van der Waals surface area contributed by atoms with Crippen molar-refractivity contribution in [2.45, 2.75) is 12.5 Å². The lowest BCUT2D eigenvalue weighted by Gasteiger charge is -2.27. The Balaban J connectivity index is 2.62. The van der Waals surface area contributed by atoms with E-state index >= 15 is 0 Å². The second kappa shape index (κ2) is 5.31. The van der Waals surface area contributed by atoms with Crippen LogP contribution in [0.15, 0.2) is 45.3 Å². The van der Waals surface area contributed by atoms with Gasteiger partial charge < -0.3 is 5.73 Å². The van der Waals surface area contributed by atoms with E-state index in [9.17, 15) is 8.78 Å². The number of nitrogens with two attached hydrogens (primary N) is 1. The van der Waals surface area contributed by atoms with Crippen molar-refractivity contribution in [1.29, 1.82) is 0 Å². The molecular weight excluding hydrogens is 380 g/mol. The maximum Gasteiger partial charge on any atom is 0.145 e. The minimum atomic E-state index is -1.25. The average Bonchev–Trinajstić information content (AvgIpc) is 2.34. The molecule has 0 heterocycles. The first-order valence-corrected chi connectivity index (χ1v) is 7.11. The highest BCUT2D eigenvalue weighted by Gasteiger charge is 2.31. The molecule has 2 aromatic rings. The first-order valence-electron chi connectivity index (χ1n) is 5.53. The zero-order valence-corrected chi connectivity index (χ0v) is 13.2. The molecule has 2 N–H and O–H groups in total. The number of hydrogen-bond donors (Lipinski definition) is 1. The summed E-state index contributed by atoms with van der Waals surface area (Å²) in [5.41, 5.74) is 5.39. The van der Waals surface area contributed by atoms with Crippen LogP contribution in [-0.4, -0.2) is 0 Å². The molecule has 2 aromatic carbocycles. The van der Waals surface area contributed by atoms with Crippen molar-refractivity contribution < 1.29 is 8.78 Å². The molecule has 0 aliphatic heterocycles.